The zero-order valence-corrected chi connectivity index (χ0v) is 12.6. The zero-order valence-electron chi connectivity index (χ0n) is 11.8. The lowest BCUT2D eigenvalue weighted by atomic mass is 9.75. The number of nitro groups is 1. The first-order valence-electron chi connectivity index (χ1n) is 7.04. The van der Waals surface area contributed by atoms with Crippen molar-refractivity contribution in [2.24, 2.45) is 11.8 Å². The summed E-state index contributed by atoms with van der Waals surface area (Å²) in [6, 6.07) is 1.42. The summed E-state index contributed by atoms with van der Waals surface area (Å²) < 4.78 is 0. The average molecular weight is 309 g/mol. The number of rotatable bonds is 2. The predicted octanol–water partition coefficient (Wildman–Crippen LogP) is 4.06. The number of halogens is 1. The molecule has 2 N–H and O–H groups in total. The van der Waals surface area contributed by atoms with Gasteiger partial charge >= 0.3 is 0 Å². The molecule has 112 valence electrons. The molecule has 0 fully saturated rings. The van der Waals surface area contributed by atoms with Crippen molar-refractivity contribution >= 4 is 23.0 Å². The largest absolute Gasteiger partial charge is 0.506 e. The number of fused-ring (bicyclic) bond motifs is 3. The second-order valence-corrected chi connectivity index (χ2v) is 6.45. The standard InChI is InChI=1S/C15H17ClN2O3/c1-7(2)13-9-5-3-4-8(9)12-14(17-13)11(19)6-10(16)15(12)18(20)21/h3-4,6-9,13,17,19H,5H2,1-2H3. The van der Waals surface area contributed by atoms with Crippen molar-refractivity contribution in [3.63, 3.8) is 0 Å². The van der Waals surface area contributed by atoms with Gasteiger partial charge in [0.1, 0.15) is 10.8 Å². The third-order valence-corrected chi connectivity index (χ3v) is 4.78. The van der Waals surface area contributed by atoms with Gasteiger partial charge in [0.2, 0.25) is 0 Å². The van der Waals surface area contributed by atoms with E-state index >= 15 is 0 Å². The topological polar surface area (TPSA) is 75.4 Å². The average Bonchev–Trinajstić information content (AvgIpc) is 2.86. The van der Waals surface area contributed by atoms with E-state index in [2.05, 4.69) is 25.2 Å². The summed E-state index contributed by atoms with van der Waals surface area (Å²) in [6.45, 7) is 4.22. The van der Waals surface area contributed by atoms with Gasteiger partial charge in [-0.05, 0) is 18.3 Å². The van der Waals surface area contributed by atoms with Gasteiger partial charge < -0.3 is 10.4 Å². The SMILES string of the molecule is CC(C)C1Nc2c(O)cc(Cl)c([N+](=O)[O-])c2C2C=CCC21. The van der Waals surface area contributed by atoms with Gasteiger partial charge in [0, 0.05) is 18.0 Å². The van der Waals surface area contributed by atoms with Gasteiger partial charge in [-0.3, -0.25) is 10.1 Å². The summed E-state index contributed by atoms with van der Waals surface area (Å²) in [4.78, 5) is 10.9. The first-order valence-corrected chi connectivity index (χ1v) is 7.42. The number of anilines is 1. The normalized spacial score (nSPS) is 26.4. The van der Waals surface area contributed by atoms with Gasteiger partial charge in [-0.25, -0.2) is 0 Å². The summed E-state index contributed by atoms with van der Waals surface area (Å²) in [7, 11) is 0. The van der Waals surface area contributed by atoms with Crippen molar-refractivity contribution in [1.82, 2.24) is 0 Å². The molecule has 3 rings (SSSR count). The number of allylic oxidation sites excluding steroid dienone is 2. The van der Waals surface area contributed by atoms with Crippen LogP contribution in [0.1, 0.15) is 31.7 Å². The molecule has 0 bridgehead atoms. The van der Waals surface area contributed by atoms with Crippen LogP contribution in [-0.4, -0.2) is 16.1 Å². The second-order valence-electron chi connectivity index (χ2n) is 6.04. The minimum Gasteiger partial charge on any atom is -0.506 e. The molecule has 3 atom stereocenters. The van der Waals surface area contributed by atoms with Crippen LogP contribution in [0.4, 0.5) is 11.4 Å². The van der Waals surface area contributed by atoms with Crippen LogP contribution < -0.4 is 5.32 Å². The minimum absolute atomic E-state index is 0.0138. The van der Waals surface area contributed by atoms with E-state index in [1.807, 2.05) is 6.08 Å². The summed E-state index contributed by atoms with van der Waals surface area (Å²) in [5, 5.41) is 24.9. The monoisotopic (exact) mass is 308 g/mol. The maximum atomic E-state index is 11.4. The molecule has 1 heterocycles. The van der Waals surface area contributed by atoms with Crippen LogP contribution in [0.5, 0.6) is 5.75 Å². The van der Waals surface area contributed by atoms with Crippen molar-refractivity contribution in [1.29, 1.82) is 0 Å². The van der Waals surface area contributed by atoms with E-state index in [1.165, 1.54) is 6.07 Å². The zero-order chi connectivity index (χ0) is 15.3. The quantitative estimate of drug-likeness (QED) is 0.374. The van der Waals surface area contributed by atoms with E-state index in [0.717, 1.165) is 6.42 Å². The Hall–Kier alpha value is -1.75. The number of nitro benzene ring substituents is 1. The highest BCUT2D eigenvalue weighted by Gasteiger charge is 2.44. The number of nitrogens with one attached hydrogen (secondary N) is 1. The van der Waals surface area contributed by atoms with Crippen LogP contribution in [0.2, 0.25) is 5.02 Å². The van der Waals surface area contributed by atoms with Gasteiger partial charge in [0.15, 0.2) is 0 Å². The number of aromatic hydroxyl groups is 1. The number of phenolic OH excluding ortho intramolecular Hbond substituents is 1. The van der Waals surface area contributed by atoms with Crippen LogP contribution in [0.25, 0.3) is 0 Å². The van der Waals surface area contributed by atoms with E-state index in [-0.39, 0.29) is 34.3 Å². The molecule has 6 heteroatoms. The van der Waals surface area contributed by atoms with Gasteiger partial charge in [-0.1, -0.05) is 37.6 Å². The Morgan fingerprint density at radius 1 is 1.52 bits per heavy atom. The molecule has 1 aromatic carbocycles. The van der Waals surface area contributed by atoms with Gasteiger partial charge in [0.25, 0.3) is 5.69 Å². The fourth-order valence-corrected chi connectivity index (χ4v) is 3.87. The van der Waals surface area contributed by atoms with E-state index in [1.54, 1.807) is 0 Å². The summed E-state index contributed by atoms with van der Waals surface area (Å²) in [5.41, 5.74) is 0.874. The number of nitrogens with zero attached hydrogens (tertiary/aromatic N) is 1. The van der Waals surface area contributed by atoms with Crippen LogP contribution in [0.3, 0.4) is 0 Å². The van der Waals surface area contributed by atoms with Crippen molar-refractivity contribution in [3.8, 4) is 5.75 Å². The van der Waals surface area contributed by atoms with E-state index in [0.29, 0.717) is 17.2 Å². The molecule has 0 amide bonds. The summed E-state index contributed by atoms with van der Waals surface area (Å²) >= 11 is 6.00. The van der Waals surface area contributed by atoms with Gasteiger partial charge in [-0.2, -0.15) is 0 Å². The molecule has 0 spiro atoms. The molecular formula is C15H17ClN2O3. The summed E-state index contributed by atoms with van der Waals surface area (Å²) in [5.74, 6) is 0.525. The molecule has 5 nitrogen and oxygen atoms in total. The number of benzene rings is 1. The smallest absolute Gasteiger partial charge is 0.293 e. The molecule has 0 aromatic heterocycles. The highest BCUT2D eigenvalue weighted by molar-refractivity contribution is 6.33. The molecule has 0 radical (unpaired) electrons. The molecule has 0 saturated heterocycles. The highest BCUT2D eigenvalue weighted by atomic mass is 35.5. The maximum Gasteiger partial charge on any atom is 0.293 e. The van der Waals surface area contributed by atoms with E-state index in [9.17, 15) is 15.2 Å². The molecule has 1 aromatic rings. The molecule has 1 aliphatic carbocycles. The first kappa shape index (κ1) is 14.2. The Kier molecular flexibility index (Phi) is 3.32. The number of phenols is 1. The fraction of sp³-hybridized carbons (Fsp3) is 0.467. The molecule has 1 aliphatic heterocycles. The lowest BCUT2D eigenvalue weighted by Gasteiger charge is -2.39. The Morgan fingerprint density at radius 2 is 2.24 bits per heavy atom. The first-order chi connectivity index (χ1) is 9.91. The third kappa shape index (κ3) is 2.07. The maximum absolute atomic E-state index is 11.4. The molecule has 2 aliphatic rings. The van der Waals surface area contributed by atoms with Crippen molar-refractivity contribution in [2.45, 2.75) is 32.2 Å². The lowest BCUT2D eigenvalue weighted by Crippen LogP contribution is -2.39. The molecule has 3 unspecified atom stereocenters. The van der Waals surface area contributed by atoms with Crippen LogP contribution in [0.15, 0.2) is 18.2 Å². The van der Waals surface area contributed by atoms with Crippen molar-refractivity contribution < 1.29 is 10.0 Å². The Bertz CT molecular complexity index is 642. The fourth-order valence-electron chi connectivity index (χ4n) is 3.59. The lowest BCUT2D eigenvalue weighted by molar-refractivity contribution is -0.385. The summed E-state index contributed by atoms with van der Waals surface area (Å²) in [6.07, 6.45) is 4.94. The minimum atomic E-state index is -0.457. The number of hydrogen-bond donors (Lipinski definition) is 2. The Balaban J connectivity index is 2.24. The van der Waals surface area contributed by atoms with Gasteiger partial charge in [-0.15, -0.1) is 0 Å². The van der Waals surface area contributed by atoms with Crippen LogP contribution >= 0.6 is 11.6 Å². The molecule has 21 heavy (non-hydrogen) atoms. The van der Waals surface area contributed by atoms with E-state index in [4.69, 9.17) is 11.6 Å². The Labute approximate surface area is 127 Å². The van der Waals surface area contributed by atoms with Crippen LogP contribution in [-0.2, 0) is 0 Å². The second kappa shape index (κ2) is 4.91. The highest BCUT2D eigenvalue weighted by Crippen LogP contribution is 2.54. The molecular weight excluding hydrogens is 292 g/mol. The molecule has 0 saturated carbocycles. The number of hydrogen-bond acceptors (Lipinski definition) is 4. The Morgan fingerprint density at radius 3 is 2.86 bits per heavy atom. The van der Waals surface area contributed by atoms with E-state index < -0.39 is 4.92 Å². The predicted molar refractivity (Wildman–Crippen MR) is 82.0 cm³/mol. The van der Waals surface area contributed by atoms with Crippen molar-refractivity contribution in [2.75, 3.05) is 5.32 Å². The van der Waals surface area contributed by atoms with Crippen LogP contribution in [0, 0.1) is 22.0 Å². The van der Waals surface area contributed by atoms with Gasteiger partial charge in [0.05, 0.1) is 16.2 Å². The van der Waals surface area contributed by atoms with Crippen molar-refractivity contribution in [3.05, 3.63) is 38.9 Å². The third-order valence-electron chi connectivity index (χ3n) is 4.49.